The fraction of sp³-hybridized carbons (Fsp3) is 0.333. The van der Waals surface area contributed by atoms with E-state index in [-0.39, 0.29) is 12.2 Å². The average molecular weight is 505 g/mol. The maximum absolute atomic E-state index is 12.6. The first kappa shape index (κ1) is 27.6. The van der Waals surface area contributed by atoms with Crippen LogP contribution in [-0.2, 0) is 20.7 Å². The molecule has 7 heteroatoms. The Kier molecular flexibility index (Phi) is 8.48. The highest BCUT2D eigenvalue weighted by molar-refractivity contribution is 5.85. The molecule has 1 amide bonds. The Hall–Kier alpha value is -4.00. The number of anilines is 1. The van der Waals surface area contributed by atoms with Crippen molar-refractivity contribution in [2.45, 2.75) is 45.8 Å². The van der Waals surface area contributed by atoms with Crippen molar-refractivity contribution in [1.29, 1.82) is 0 Å². The van der Waals surface area contributed by atoms with E-state index in [4.69, 9.17) is 9.47 Å². The number of carbonyl (C=O) groups excluding carboxylic acids is 2. The Morgan fingerprint density at radius 1 is 0.946 bits per heavy atom. The van der Waals surface area contributed by atoms with Crippen molar-refractivity contribution >= 4 is 17.7 Å². The number of nitrogens with zero attached hydrogens (tertiary/aromatic N) is 1. The fourth-order valence-electron chi connectivity index (χ4n) is 3.95. The maximum atomic E-state index is 12.6. The zero-order chi connectivity index (χ0) is 27.3. The Morgan fingerprint density at radius 3 is 1.92 bits per heavy atom. The van der Waals surface area contributed by atoms with Gasteiger partial charge in [0.25, 0.3) is 0 Å². The van der Waals surface area contributed by atoms with E-state index in [0.717, 1.165) is 27.9 Å². The summed E-state index contributed by atoms with van der Waals surface area (Å²) in [5, 5.41) is 14.0. The summed E-state index contributed by atoms with van der Waals surface area (Å²) in [5.74, 6) is -0.451. The summed E-state index contributed by atoms with van der Waals surface area (Å²) in [5.41, 5.74) is 5.08. The van der Waals surface area contributed by atoms with Crippen LogP contribution in [-0.4, -0.2) is 50.0 Å². The van der Waals surface area contributed by atoms with E-state index in [0.29, 0.717) is 11.1 Å². The predicted molar refractivity (Wildman–Crippen MR) is 147 cm³/mol. The standard InChI is InChI=1S/C30H36N2O5/c1-19-8-10-21(11-9-19)24-16-20(18-26(28(34)36-7)31-29(35)37-30(2,3)4)17-25(27(24)33)22-12-14-23(15-13-22)32(5)6/h8-17,26,33H,18H2,1-7H3,(H,31,35). The highest BCUT2D eigenvalue weighted by atomic mass is 16.6. The molecule has 3 rings (SSSR count). The normalized spacial score (nSPS) is 12.0. The molecule has 37 heavy (non-hydrogen) atoms. The van der Waals surface area contributed by atoms with Crippen LogP contribution in [0.5, 0.6) is 5.75 Å². The second-order valence-electron chi connectivity index (χ2n) is 10.3. The number of esters is 1. The minimum absolute atomic E-state index is 0.139. The number of aryl methyl sites for hydroxylation is 1. The van der Waals surface area contributed by atoms with E-state index in [1.54, 1.807) is 20.8 Å². The molecular formula is C30H36N2O5. The molecule has 0 fully saturated rings. The van der Waals surface area contributed by atoms with Crippen molar-refractivity contribution in [3.8, 4) is 28.0 Å². The largest absolute Gasteiger partial charge is 0.507 e. The average Bonchev–Trinajstić information content (AvgIpc) is 2.83. The Morgan fingerprint density at radius 2 is 1.46 bits per heavy atom. The first-order valence-corrected chi connectivity index (χ1v) is 12.2. The van der Waals surface area contributed by atoms with Crippen molar-refractivity contribution in [1.82, 2.24) is 5.32 Å². The Labute approximate surface area is 219 Å². The van der Waals surface area contributed by atoms with Gasteiger partial charge in [0.1, 0.15) is 17.4 Å². The van der Waals surface area contributed by atoms with E-state index in [1.807, 2.05) is 86.6 Å². The van der Waals surface area contributed by atoms with Crippen molar-refractivity contribution in [2.24, 2.45) is 0 Å². The monoisotopic (exact) mass is 504 g/mol. The van der Waals surface area contributed by atoms with Gasteiger partial charge in [-0.15, -0.1) is 0 Å². The topological polar surface area (TPSA) is 88.1 Å². The van der Waals surface area contributed by atoms with Gasteiger partial charge in [-0.3, -0.25) is 0 Å². The first-order chi connectivity index (χ1) is 17.4. The third kappa shape index (κ3) is 7.26. The van der Waals surface area contributed by atoms with Crippen molar-refractivity contribution in [2.75, 3.05) is 26.1 Å². The highest BCUT2D eigenvalue weighted by Gasteiger charge is 2.26. The number of hydrogen-bond acceptors (Lipinski definition) is 6. The third-order valence-electron chi connectivity index (χ3n) is 5.84. The lowest BCUT2D eigenvalue weighted by Crippen LogP contribution is -2.45. The molecule has 0 radical (unpaired) electrons. The number of amides is 1. The molecule has 0 saturated heterocycles. The molecular weight excluding hydrogens is 468 g/mol. The van der Waals surface area contributed by atoms with Crippen molar-refractivity contribution < 1.29 is 24.2 Å². The number of rotatable bonds is 7. The van der Waals surface area contributed by atoms with Crippen LogP contribution < -0.4 is 10.2 Å². The number of phenolic OH excluding ortho intramolecular Hbond substituents is 1. The summed E-state index contributed by atoms with van der Waals surface area (Å²) in [6.45, 7) is 7.26. The molecule has 0 saturated carbocycles. The molecule has 0 spiro atoms. The summed E-state index contributed by atoms with van der Waals surface area (Å²) in [4.78, 5) is 27.0. The molecule has 0 heterocycles. The minimum atomic E-state index is -0.973. The summed E-state index contributed by atoms with van der Waals surface area (Å²) in [6.07, 6.45) is -0.562. The van der Waals surface area contributed by atoms with Crippen LogP contribution in [0.4, 0.5) is 10.5 Å². The predicted octanol–water partition coefficient (Wildman–Crippen LogP) is 5.71. The SMILES string of the molecule is COC(=O)C(Cc1cc(-c2ccc(C)cc2)c(O)c(-c2ccc(N(C)C)cc2)c1)NC(=O)OC(C)(C)C. The van der Waals surface area contributed by atoms with Crippen LogP contribution in [0.2, 0.25) is 0 Å². The number of ether oxygens (including phenoxy) is 2. The zero-order valence-electron chi connectivity index (χ0n) is 22.6. The summed E-state index contributed by atoms with van der Waals surface area (Å²) < 4.78 is 10.3. The van der Waals surface area contributed by atoms with Gasteiger partial charge >= 0.3 is 12.1 Å². The van der Waals surface area contributed by atoms with Crippen LogP contribution in [0.25, 0.3) is 22.3 Å². The molecule has 0 aliphatic heterocycles. The van der Waals surface area contributed by atoms with Gasteiger partial charge in [-0.05, 0) is 68.7 Å². The minimum Gasteiger partial charge on any atom is -0.507 e. The molecule has 0 bridgehead atoms. The van der Waals surface area contributed by atoms with E-state index in [1.165, 1.54) is 7.11 Å². The first-order valence-electron chi connectivity index (χ1n) is 12.2. The van der Waals surface area contributed by atoms with E-state index >= 15 is 0 Å². The van der Waals surface area contributed by atoms with E-state index in [9.17, 15) is 14.7 Å². The number of hydrogen-bond donors (Lipinski definition) is 2. The lowest BCUT2D eigenvalue weighted by atomic mass is 9.92. The lowest BCUT2D eigenvalue weighted by Gasteiger charge is -2.23. The van der Waals surface area contributed by atoms with E-state index in [2.05, 4.69) is 5.32 Å². The quantitative estimate of drug-likeness (QED) is 0.401. The van der Waals surface area contributed by atoms with E-state index < -0.39 is 23.7 Å². The van der Waals surface area contributed by atoms with Crippen LogP contribution in [0.1, 0.15) is 31.9 Å². The zero-order valence-corrected chi connectivity index (χ0v) is 22.6. The van der Waals surface area contributed by atoms with Gasteiger partial charge < -0.3 is 24.8 Å². The van der Waals surface area contributed by atoms with Crippen molar-refractivity contribution in [3.05, 3.63) is 71.8 Å². The van der Waals surface area contributed by atoms with Crippen LogP contribution in [0, 0.1) is 6.92 Å². The fourth-order valence-corrected chi connectivity index (χ4v) is 3.95. The third-order valence-corrected chi connectivity index (χ3v) is 5.84. The number of aromatic hydroxyl groups is 1. The molecule has 0 aliphatic carbocycles. The maximum Gasteiger partial charge on any atom is 0.408 e. The molecule has 3 aromatic rings. The summed E-state index contributed by atoms with van der Waals surface area (Å²) in [7, 11) is 5.21. The molecule has 196 valence electrons. The van der Waals surface area contributed by atoms with Crippen molar-refractivity contribution in [3.63, 3.8) is 0 Å². The number of methoxy groups -OCH3 is 1. The molecule has 2 N–H and O–H groups in total. The van der Waals surface area contributed by atoms with Gasteiger partial charge in [0.2, 0.25) is 0 Å². The molecule has 1 atom stereocenters. The number of carbonyl (C=O) groups is 2. The van der Waals surface area contributed by atoms with Gasteiger partial charge in [-0.25, -0.2) is 9.59 Å². The second-order valence-corrected chi connectivity index (χ2v) is 10.3. The molecule has 7 nitrogen and oxygen atoms in total. The van der Waals surface area contributed by atoms with Crippen LogP contribution >= 0.6 is 0 Å². The van der Waals surface area contributed by atoms with Crippen LogP contribution in [0.15, 0.2) is 60.7 Å². The molecule has 3 aromatic carbocycles. The van der Waals surface area contributed by atoms with Gasteiger partial charge in [-0.1, -0.05) is 42.0 Å². The Bertz CT molecular complexity index is 1240. The summed E-state index contributed by atoms with van der Waals surface area (Å²) in [6, 6.07) is 18.4. The van der Waals surface area contributed by atoms with Gasteiger partial charge in [0.15, 0.2) is 0 Å². The highest BCUT2D eigenvalue weighted by Crippen LogP contribution is 2.40. The second kappa shape index (κ2) is 11.4. The van der Waals surface area contributed by atoms with Gasteiger partial charge in [-0.2, -0.15) is 0 Å². The molecule has 0 aromatic heterocycles. The molecule has 1 unspecified atom stereocenters. The summed E-state index contributed by atoms with van der Waals surface area (Å²) >= 11 is 0. The number of alkyl carbamates (subject to hydrolysis) is 1. The lowest BCUT2D eigenvalue weighted by molar-refractivity contribution is -0.143. The van der Waals surface area contributed by atoms with Gasteiger partial charge in [0, 0.05) is 37.3 Å². The number of phenols is 1. The number of nitrogens with one attached hydrogen (secondary N) is 1. The smallest absolute Gasteiger partial charge is 0.408 e. The van der Waals surface area contributed by atoms with Gasteiger partial charge in [0.05, 0.1) is 7.11 Å². The van der Waals surface area contributed by atoms with Crippen LogP contribution in [0.3, 0.4) is 0 Å². The Balaban J connectivity index is 2.07. The molecule has 0 aliphatic rings. The number of benzene rings is 3.